The second kappa shape index (κ2) is 5.55. The Labute approximate surface area is 146 Å². The van der Waals surface area contributed by atoms with Crippen molar-refractivity contribution in [2.45, 2.75) is 51.5 Å². The van der Waals surface area contributed by atoms with Crippen molar-refractivity contribution >= 4 is 5.91 Å². The summed E-state index contributed by atoms with van der Waals surface area (Å²) < 4.78 is 1.73. The van der Waals surface area contributed by atoms with Gasteiger partial charge in [-0.15, -0.1) is 0 Å². The molecule has 2 aromatic rings. The molecule has 2 fully saturated rings. The second-order valence-corrected chi connectivity index (χ2v) is 7.76. The van der Waals surface area contributed by atoms with Gasteiger partial charge in [-0.3, -0.25) is 14.2 Å². The number of nitrogens with zero attached hydrogens (tertiary/aromatic N) is 2. The number of carbonyl (C=O) groups excluding carboxylic acids is 1. The molecule has 5 nitrogen and oxygen atoms in total. The van der Waals surface area contributed by atoms with Gasteiger partial charge < -0.3 is 5.73 Å². The number of hydrogen-bond donors (Lipinski definition) is 1. The minimum atomic E-state index is -0.671. The summed E-state index contributed by atoms with van der Waals surface area (Å²) in [7, 11) is 0. The SMILES string of the molecule is Cc1nc(C(N)=O)cc(=O)n1[C@@H](c1ccc(C2CC2)cc1)C1(C)CC1. The van der Waals surface area contributed by atoms with Gasteiger partial charge in [-0.25, -0.2) is 4.98 Å². The molecule has 2 aliphatic carbocycles. The first kappa shape index (κ1) is 16.1. The molecule has 1 aromatic heterocycles. The van der Waals surface area contributed by atoms with Gasteiger partial charge in [-0.05, 0) is 55.1 Å². The molecule has 1 aromatic carbocycles. The Balaban J connectivity index is 1.80. The first-order chi connectivity index (χ1) is 11.9. The number of benzene rings is 1. The van der Waals surface area contributed by atoms with Crippen molar-refractivity contribution in [1.29, 1.82) is 0 Å². The summed E-state index contributed by atoms with van der Waals surface area (Å²) in [5, 5.41) is 0. The van der Waals surface area contributed by atoms with Crippen molar-refractivity contribution in [3.8, 4) is 0 Å². The van der Waals surface area contributed by atoms with E-state index in [1.807, 2.05) is 0 Å². The number of carbonyl (C=O) groups is 1. The molecule has 0 spiro atoms. The van der Waals surface area contributed by atoms with Crippen molar-refractivity contribution in [3.63, 3.8) is 0 Å². The highest BCUT2D eigenvalue weighted by Gasteiger charge is 2.47. The van der Waals surface area contributed by atoms with Crippen molar-refractivity contribution < 1.29 is 4.79 Å². The Kier molecular flexibility index (Phi) is 3.56. The summed E-state index contributed by atoms with van der Waals surface area (Å²) in [5.41, 5.74) is 7.66. The van der Waals surface area contributed by atoms with Crippen LogP contribution in [0, 0.1) is 12.3 Å². The van der Waals surface area contributed by atoms with E-state index in [0.717, 1.165) is 18.4 Å². The summed E-state index contributed by atoms with van der Waals surface area (Å²) in [6.07, 6.45) is 4.70. The van der Waals surface area contributed by atoms with Crippen LogP contribution in [0.1, 0.15) is 72.0 Å². The Morgan fingerprint density at radius 2 is 1.92 bits per heavy atom. The van der Waals surface area contributed by atoms with Crippen molar-refractivity contribution in [3.05, 3.63) is 63.3 Å². The molecule has 1 amide bonds. The maximum atomic E-state index is 12.8. The van der Waals surface area contributed by atoms with Crippen LogP contribution in [0.15, 0.2) is 35.1 Å². The molecule has 2 aliphatic rings. The quantitative estimate of drug-likeness (QED) is 0.911. The molecule has 1 heterocycles. The number of nitrogens with two attached hydrogens (primary N) is 1. The Bertz CT molecular complexity index is 890. The Morgan fingerprint density at radius 1 is 1.28 bits per heavy atom. The molecular weight excluding hydrogens is 314 g/mol. The molecule has 5 heteroatoms. The maximum absolute atomic E-state index is 12.8. The van der Waals surface area contributed by atoms with Gasteiger partial charge in [0.05, 0.1) is 6.04 Å². The van der Waals surface area contributed by atoms with E-state index in [0.29, 0.717) is 11.7 Å². The lowest BCUT2D eigenvalue weighted by Crippen LogP contribution is -2.34. The molecule has 0 unspecified atom stereocenters. The zero-order chi connectivity index (χ0) is 17.8. The molecule has 1 atom stereocenters. The van der Waals surface area contributed by atoms with E-state index in [-0.39, 0.29) is 22.7 Å². The lowest BCUT2D eigenvalue weighted by molar-refractivity contribution is 0.0994. The average molecular weight is 337 g/mol. The van der Waals surface area contributed by atoms with Crippen LogP contribution < -0.4 is 11.3 Å². The van der Waals surface area contributed by atoms with E-state index in [1.165, 1.54) is 24.5 Å². The largest absolute Gasteiger partial charge is 0.364 e. The highest BCUT2D eigenvalue weighted by molar-refractivity contribution is 5.90. The maximum Gasteiger partial charge on any atom is 0.267 e. The molecule has 0 saturated heterocycles. The lowest BCUT2D eigenvalue weighted by atomic mass is 9.90. The monoisotopic (exact) mass is 337 g/mol. The van der Waals surface area contributed by atoms with Crippen LogP contribution >= 0.6 is 0 Å². The van der Waals surface area contributed by atoms with E-state index in [4.69, 9.17) is 5.73 Å². The first-order valence-electron chi connectivity index (χ1n) is 8.89. The van der Waals surface area contributed by atoms with Crippen LogP contribution in [-0.4, -0.2) is 15.5 Å². The molecule has 0 radical (unpaired) electrons. The number of primary amides is 1. The number of hydrogen-bond acceptors (Lipinski definition) is 3. The summed E-state index contributed by atoms with van der Waals surface area (Å²) in [6, 6.07) is 9.87. The first-order valence-corrected chi connectivity index (χ1v) is 8.89. The lowest BCUT2D eigenvalue weighted by Gasteiger charge is -2.28. The third-order valence-electron chi connectivity index (χ3n) is 5.64. The fraction of sp³-hybridized carbons (Fsp3) is 0.450. The highest BCUT2D eigenvalue weighted by atomic mass is 16.1. The van der Waals surface area contributed by atoms with E-state index in [9.17, 15) is 9.59 Å². The number of aromatic nitrogens is 2. The van der Waals surface area contributed by atoms with Crippen LogP contribution in [-0.2, 0) is 0 Å². The standard InChI is InChI=1S/C20H23N3O2/c1-12-22-16(19(21)25)11-17(24)23(12)18(20(2)9-10-20)15-7-5-14(6-8-15)13-3-4-13/h5-8,11,13,18H,3-4,9-10H2,1-2H3,(H2,21,25)/t18-/m0/s1. The summed E-state index contributed by atoms with van der Waals surface area (Å²) in [5.74, 6) is 0.575. The molecule has 0 bridgehead atoms. The molecule has 25 heavy (non-hydrogen) atoms. The Hall–Kier alpha value is -2.43. The zero-order valence-electron chi connectivity index (χ0n) is 14.7. The molecule has 4 rings (SSSR count). The van der Waals surface area contributed by atoms with Crippen LogP contribution in [0.5, 0.6) is 0 Å². The van der Waals surface area contributed by atoms with Gasteiger partial charge in [0, 0.05) is 6.07 Å². The fourth-order valence-corrected chi connectivity index (χ4v) is 3.75. The van der Waals surface area contributed by atoms with E-state index in [1.54, 1.807) is 11.5 Å². The predicted octanol–water partition coefficient (Wildman–Crippen LogP) is 2.92. The van der Waals surface area contributed by atoms with Gasteiger partial charge in [0.2, 0.25) is 0 Å². The molecule has 0 aliphatic heterocycles. The molecule has 130 valence electrons. The van der Waals surface area contributed by atoms with Crippen molar-refractivity contribution in [2.24, 2.45) is 11.1 Å². The number of amides is 1. The summed E-state index contributed by atoms with van der Waals surface area (Å²) >= 11 is 0. The van der Waals surface area contributed by atoms with E-state index in [2.05, 4.69) is 36.2 Å². The second-order valence-electron chi connectivity index (χ2n) is 7.76. The fourth-order valence-electron chi connectivity index (χ4n) is 3.75. The number of aryl methyl sites for hydroxylation is 1. The zero-order valence-corrected chi connectivity index (χ0v) is 14.7. The van der Waals surface area contributed by atoms with Gasteiger partial charge in [0.1, 0.15) is 11.5 Å². The normalized spacial score (nSPS) is 19.4. The highest BCUT2D eigenvalue weighted by Crippen LogP contribution is 2.56. The van der Waals surface area contributed by atoms with Gasteiger partial charge in [0.25, 0.3) is 11.5 Å². The summed E-state index contributed by atoms with van der Waals surface area (Å²) in [6.45, 7) is 3.98. The molecular formula is C20H23N3O2. The van der Waals surface area contributed by atoms with E-state index >= 15 is 0 Å². The van der Waals surface area contributed by atoms with Crippen LogP contribution in [0.3, 0.4) is 0 Å². The third-order valence-corrected chi connectivity index (χ3v) is 5.64. The van der Waals surface area contributed by atoms with Crippen LogP contribution in [0.2, 0.25) is 0 Å². The van der Waals surface area contributed by atoms with Gasteiger partial charge >= 0.3 is 0 Å². The van der Waals surface area contributed by atoms with Gasteiger partial charge in [-0.1, -0.05) is 31.2 Å². The van der Waals surface area contributed by atoms with Gasteiger partial charge in [-0.2, -0.15) is 0 Å². The molecule has 2 saturated carbocycles. The number of rotatable bonds is 5. The Morgan fingerprint density at radius 3 is 2.40 bits per heavy atom. The summed E-state index contributed by atoms with van der Waals surface area (Å²) in [4.78, 5) is 28.4. The predicted molar refractivity (Wildman–Crippen MR) is 95.6 cm³/mol. The average Bonchev–Trinajstić information content (AvgIpc) is 3.47. The minimum Gasteiger partial charge on any atom is -0.364 e. The minimum absolute atomic E-state index is 0.0301. The topological polar surface area (TPSA) is 78.0 Å². The third kappa shape index (κ3) is 2.88. The molecule has 2 N–H and O–H groups in total. The van der Waals surface area contributed by atoms with Crippen LogP contribution in [0.25, 0.3) is 0 Å². The van der Waals surface area contributed by atoms with Crippen molar-refractivity contribution in [1.82, 2.24) is 9.55 Å². The smallest absolute Gasteiger partial charge is 0.267 e. The van der Waals surface area contributed by atoms with E-state index < -0.39 is 5.91 Å². The van der Waals surface area contributed by atoms with Crippen LogP contribution in [0.4, 0.5) is 0 Å². The van der Waals surface area contributed by atoms with Crippen molar-refractivity contribution in [2.75, 3.05) is 0 Å². The van der Waals surface area contributed by atoms with Gasteiger partial charge in [0.15, 0.2) is 0 Å².